The Morgan fingerprint density at radius 1 is 1.73 bits per heavy atom. The summed E-state index contributed by atoms with van der Waals surface area (Å²) in [5, 5.41) is 18.9. The topological polar surface area (TPSA) is 73.1 Å². The minimum absolute atomic E-state index is 0.0470. The number of hydrogen-bond acceptors (Lipinski definition) is 4. The lowest BCUT2D eigenvalue weighted by Crippen LogP contribution is -2.27. The van der Waals surface area contributed by atoms with Crippen LogP contribution in [0.25, 0.3) is 0 Å². The van der Waals surface area contributed by atoms with Gasteiger partial charge in [-0.25, -0.2) is 0 Å². The van der Waals surface area contributed by atoms with Crippen LogP contribution in [0.2, 0.25) is 0 Å². The van der Waals surface area contributed by atoms with E-state index in [1.165, 1.54) is 11.8 Å². The maximum atomic E-state index is 10.7. The Morgan fingerprint density at radius 3 is 3.00 bits per heavy atom. The maximum absolute atomic E-state index is 10.7. The van der Waals surface area contributed by atoms with Gasteiger partial charge in [0.25, 0.3) is 0 Å². The van der Waals surface area contributed by atoms with Gasteiger partial charge in [-0.05, 0) is 0 Å². The van der Waals surface area contributed by atoms with E-state index in [0.29, 0.717) is 5.75 Å². The zero-order valence-electron chi connectivity index (χ0n) is 6.04. The molecule has 0 heterocycles. The minimum atomic E-state index is -0.140. The quantitative estimate of drug-likeness (QED) is 0.543. The molecule has 0 aromatic carbocycles. The van der Waals surface area contributed by atoms with Crippen LogP contribution >= 0.6 is 11.8 Å². The van der Waals surface area contributed by atoms with Crippen LogP contribution in [0.3, 0.4) is 0 Å². The molecule has 4 nitrogen and oxygen atoms in total. The highest BCUT2D eigenvalue weighted by Gasteiger charge is 1.98. The number of aliphatic hydroxyl groups excluding tert-OH is 1. The SMILES string of the molecule is N#CCSCC(=O)NCCO. The molecule has 0 atom stereocenters. The maximum Gasteiger partial charge on any atom is 0.230 e. The number of thioether (sulfide) groups is 1. The molecule has 0 fully saturated rings. The molecule has 0 spiro atoms. The average molecular weight is 174 g/mol. The number of hydrogen-bond donors (Lipinski definition) is 2. The van der Waals surface area contributed by atoms with Gasteiger partial charge < -0.3 is 10.4 Å². The van der Waals surface area contributed by atoms with E-state index < -0.39 is 0 Å². The number of carbonyl (C=O) groups excluding carboxylic acids is 1. The van der Waals surface area contributed by atoms with Crippen LogP contribution in [0.4, 0.5) is 0 Å². The molecule has 0 radical (unpaired) electrons. The lowest BCUT2D eigenvalue weighted by atomic mass is 10.6. The van der Waals surface area contributed by atoms with Crippen LogP contribution in [-0.2, 0) is 4.79 Å². The van der Waals surface area contributed by atoms with Gasteiger partial charge in [0.2, 0.25) is 5.91 Å². The van der Waals surface area contributed by atoms with E-state index in [2.05, 4.69) is 5.32 Å². The van der Waals surface area contributed by atoms with Crippen molar-refractivity contribution >= 4 is 17.7 Å². The van der Waals surface area contributed by atoms with Crippen molar-refractivity contribution < 1.29 is 9.90 Å². The summed E-state index contributed by atoms with van der Waals surface area (Å²) >= 11 is 1.26. The Labute approximate surface area is 69.6 Å². The lowest BCUT2D eigenvalue weighted by molar-refractivity contribution is -0.118. The summed E-state index contributed by atoms with van der Waals surface area (Å²) in [5.74, 6) is 0.472. The third-order valence-corrected chi connectivity index (χ3v) is 1.63. The molecule has 0 unspecified atom stereocenters. The van der Waals surface area contributed by atoms with Crippen molar-refractivity contribution in [1.29, 1.82) is 5.26 Å². The molecule has 0 saturated carbocycles. The van der Waals surface area contributed by atoms with Crippen molar-refractivity contribution in [2.75, 3.05) is 24.7 Å². The number of carbonyl (C=O) groups is 1. The Bertz CT molecular complexity index is 155. The first kappa shape index (κ1) is 10.3. The molecule has 0 aromatic heterocycles. The van der Waals surface area contributed by atoms with Crippen LogP contribution in [0, 0.1) is 11.3 Å². The van der Waals surface area contributed by atoms with E-state index in [0.717, 1.165) is 0 Å². The number of amides is 1. The van der Waals surface area contributed by atoms with Crippen molar-refractivity contribution in [2.24, 2.45) is 0 Å². The molecule has 11 heavy (non-hydrogen) atoms. The second-order valence-corrected chi connectivity index (χ2v) is 2.71. The number of nitriles is 1. The zero-order chi connectivity index (χ0) is 8.53. The summed E-state index contributed by atoms with van der Waals surface area (Å²) in [7, 11) is 0. The first-order valence-electron chi connectivity index (χ1n) is 3.13. The predicted octanol–water partition coefficient (Wildman–Crippen LogP) is -0.648. The summed E-state index contributed by atoms with van der Waals surface area (Å²) in [6.07, 6.45) is 0. The molecule has 62 valence electrons. The smallest absolute Gasteiger partial charge is 0.230 e. The number of nitrogens with zero attached hydrogens (tertiary/aromatic N) is 1. The van der Waals surface area contributed by atoms with Crippen LogP contribution in [0.15, 0.2) is 0 Å². The molecule has 0 aliphatic heterocycles. The van der Waals surface area contributed by atoms with Crippen molar-refractivity contribution in [1.82, 2.24) is 5.32 Å². The summed E-state index contributed by atoms with van der Waals surface area (Å²) in [6, 6.07) is 1.91. The fourth-order valence-electron chi connectivity index (χ4n) is 0.436. The van der Waals surface area contributed by atoms with E-state index in [1.807, 2.05) is 6.07 Å². The van der Waals surface area contributed by atoms with Gasteiger partial charge in [-0.1, -0.05) is 0 Å². The average Bonchev–Trinajstić information content (AvgIpc) is 2.01. The molecule has 5 heteroatoms. The molecular formula is C6H10N2O2S. The largest absolute Gasteiger partial charge is 0.395 e. The molecule has 1 amide bonds. The van der Waals surface area contributed by atoms with Gasteiger partial charge in [0.1, 0.15) is 0 Å². The van der Waals surface area contributed by atoms with Gasteiger partial charge in [-0.15, -0.1) is 11.8 Å². The highest BCUT2D eigenvalue weighted by Crippen LogP contribution is 1.95. The van der Waals surface area contributed by atoms with Crippen LogP contribution < -0.4 is 5.32 Å². The molecule has 0 aliphatic rings. The van der Waals surface area contributed by atoms with Gasteiger partial charge >= 0.3 is 0 Å². The summed E-state index contributed by atoms with van der Waals surface area (Å²) in [6.45, 7) is 0.237. The highest BCUT2D eigenvalue weighted by atomic mass is 32.2. The first-order valence-corrected chi connectivity index (χ1v) is 4.29. The summed E-state index contributed by atoms with van der Waals surface area (Å²) in [4.78, 5) is 10.7. The molecule has 0 saturated heterocycles. The Hall–Kier alpha value is -0.730. The van der Waals surface area contributed by atoms with Gasteiger partial charge in [0.05, 0.1) is 24.2 Å². The van der Waals surface area contributed by atoms with Crippen molar-refractivity contribution in [3.63, 3.8) is 0 Å². The van der Waals surface area contributed by atoms with Crippen molar-refractivity contribution in [3.8, 4) is 6.07 Å². The van der Waals surface area contributed by atoms with Crippen molar-refractivity contribution in [3.05, 3.63) is 0 Å². The predicted molar refractivity (Wildman–Crippen MR) is 43.0 cm³/mol. The standard InChI is InChI=1S/C6H10N2O2S/c7-1-4-11-5-6(10)8-2-3-9/h9H,2-5H2,(H,8,10). The number of nitrogens with one attached hydrogen (secondary N) is 1. The molecular weight excluding hydrogens is 164 g/mol. The van der Waals surface area contributed by atoms with Crippen LogP contribution in [0.5, 0.6) is 0 Å². The summed E-state index contributed by atoms with van der Waals surface area (Å²) < 4.78 is 0. The van der Waals surface area contributed by atoms with Crippen LogP contribution in [-0.4, -0.2) is 35.7 Å². The van der Waals surface area contributed by atoms with E-state index >= 15 is 0 Å². The van der Waals surface area contributed by atoms with Crippen LogP contribution in [0.1, 0.15) is 0 Å². The first-order chi connectivity index (χ1) is 5.31. The van der Waals surface area contributed by atoms with Crippen molar-refractivity contribution in [2.45, 2.75) is 0 Å². The Balaban J connectivity index is 3.17. The second-order valence-electron chi connectivity index (χ2n) is 1.72. The summed E-state index contributed by atoms with van der Waals surface area (Å²) in [5.41, 5.74) is 0. The minimum Gasteiger partial charge on any atom is -0.395 e. The van der Waals surface area contributed by atoms with E-state index in [9.17, 15) is 4.79 Å². The highest BCUT2D eigenvalue weighted by molar-refractivity contribution is 8.00. The van der Waals surface area contributed by atoms with E-state index in [4.69, 9.17) is 10.4 Å². The molecule has 0 aliphatic carbocycles. The molecule has 0 bridgehead atoms. The fourth-order valence-corrected chi connectivity index (χ4v) is 0.917. The fraction of sp³-hybridized carbons (Fsp3) is 0.667. The van der Waals surface area contributed by atoms with Gasteiger partial charge in [-0.2, -0.15) is 5.26 Å². The monoisotopic (exact) mass is 174 g/mol. The molecule has 0 rings (SSSR count). The third-order valence-electron chi connectivity index (χ3n) is 0.834. The Morgan fingerprint density at radius 2 is 2.45 bits per heavy atom. The zero-order valence-corrected chi connectivity index (χ0v) is 6.86. The second kappa shape index (κ2) is 7.38. The number of aliphatic hydroxyl groups is 1. The molecule has 0 aromatic rings. The normalized spacial score (nSPS) is 8.73. The van der Waals surface area contributed by atoms with Gasteiger partial charge in [0.15, 0.2) is 0 Å². The van der Waals surface area contributed by atoms with Gasteiger partial charge in [0, 0.05) is 6.54 Å². The molecule has 2 N–H and O–H groups in total. The van der Waals surface area contributed by atoms with E-state index in [1.54, 1.807) is 0 Å². The Kier molecular flexibility index (Phi) is 6.89. The van der Waals surface area contributed by atoms with Gasteiger partial charge in [-0.3, -0.25) is 4.79 Å². The lowest BCUT2D eigenvalue weighted by Gasteiger charge is -1.99. The third kappa shape index (κ3) is 7.16. The number of rotatable bonds is 5. The van der Waals surface area contributed by atoms with E-state index in [-0.39, 0.29) is 24.8 Å².